The summed E-state index contributed by atoms with van der Waals surface area (Å²) < 4.78 is 16.8. The molecule has 6 nitrogen and oxygen atoms in total. The van der Waals surface area contributed by atoms with Gasteiger partial charge in [-0.05, 0) is 96.3 Å². The van der Waals surface area contributed by atoms with Gasteiger partial charge < -0.3 is 14.2 Å². The van der Waals surface area contributed by atoms with Crippen molar-refractivity contribution >= 4 is 17.9 Å². The maximum atomic E-state index is 12.8. The Hall–Kier alpha value is -3.41. The third-order valence-corrected chi connectivity index (χ3v) is 13.4. The molecule has 0 aromatic carbocycles. The second kappa shape index (κ2) is 61.1. The molecule has 420 valence electrons. The smallest absolute Gasteiger partial charge is 0.306 e. The molecule has 0 aliphatic heterocycles. The predicted octanol–water partition coefficient (Wildman–Crippen LogP) is 21.1. The highest BCUT2D eigenvalue weighted by Crippen LogP contribution is 2.16. The number of unbranched alkanes of at least 4 members (excludes halogenated alkanes) is 31. The first-order valence-electron chi connectivity index (χ1n) is 31.1. The van der Waals surface area contributed by atoms with E-state index in [0.29, 0.717) is 19.3 Å². The molecule has 0 bridgehead atoms. The monoisotopic (exact) mass is 1020 g/mol. The summed E-state index contributed by atoms with van der Waals surface area (Å²) in [7, 11) is 0. The molecule has 0 fully saturated rings. The highest BCUT2D eigenvalue weighted by atomic mass is 16.6. The van der Waals surface area contributed by atoms with E-state index < -0.39 is 6.10 Å². The average molecular weight is 1020 g/mol. The first kappa shape index (κ1) is 69.6. The summed E-state index contributed by atoms with van der Waals surface area (Å²) in [5.41, 5.74) is 0. The second-order valence-electron chi connectivity index (χ2n) is 20.6. The van der Waals surface area contributed by atoms with E-state index in [0.717, 1.165) is 103 Å². The number of allylic oxidation sites excluding steroid dienone is 14. The Morgan fingerprint density at radius 1 is 0.288 bits per heavy atom. The van der Waals surface area contributed by atoms with Gasteiger partial charge in [0.05, 0.1) is 0 Å². The van der Waals surface area contributed by atoms with Crippen LogP contribution in [0, 0.1) is 0 Å². The van der Waals surface area contributed by atoms with Crippen molar-refractivity contribution in [1.82, 2.24) is 0 Å². The lowest BCUT2D eigenvalue weighted by Gasteiger charge is -2.18. The van der Waals surface area contributed by atoms with Crippen molar-refractivity contribution in [2.45, 2.75) is 309 Å². The van der Waals surface area contributed by atoms with Gasteiger partial charge in [-0.25, -0.2) is 0 Å². The van der Waals surface area contributed by atoms with Crippen LogP contribution in [0.1, 0.15) is 303 Å². The lowest BCUT2D eigenvalue weighted by molar-refractivity contribution is -0.167. The van der Waals surface area contributed by atoms with E-state index in [1.807, 2.05) is 0 Å². The van der Waals surface area contributed by atoms with Crippen LogP contribution in [0.4, 0.5) is 0 Å². The van der Waals surface area contributed by atoms with Gasteiger partial charge >= 0.3 is 17.9 Å². The van der Waals surface area contributed by atoms with Crippen LogP contribution in [0.15, 0.2) is 85.1 Å². The lowest BCUT2D eigenvalue weighted by Crippen LogP contribution is -2.30. The normalized spacial score (nSPS) is 12.6. The van der Waals surface area contributed by atoms with Crippen LogP contribution >= 0.6 is 0 Å². The molecule has 0 aliphatic carbocycles. The molecule has 0 radical (unpaired) electrons. The number of hydrogen-bond donors (Lipinski definition) is 0. The van der Waals surface area contributed by atoms with Crippen LogP contribution in [0.25, 0.3) is 0 Å². The Morgan fingerprint density at radius 3 is 0.836 bits per heavy atom. The van der Waals surface area contributed by atoms with E-state index in [1.165, 1.54) is 161 Å². The minimum absolute atomic E-state index is 0.0788. The molecule has 0 aromatic rings. The van der Waals surface area contributed by atoms with Crippen molar-refractivity contribution < 1.29 is 28.6 Å². The highest BCUT2D eigenvalue weighted by Gasteiger charge is 2.19. The zero-order valence-electron chi connectivity index (χ0n) is 48.1. The van der Waals surface area contributed by atoms with Crippen molar-refractivity contribution in [3.8, 4) is 0 Å². The van der Waals surface area contributed by atoms with Crippen molar-refractivity contribution in [3.05, 3.63) is 85.1 Å². The molecule has 73 heavy (non-hydrogen) atoms. The average Bonchev–Trinajstić information content (AvgIpc) is 3.39. The van der Waals surface area contributed by atoms with E-state index in [2.05, 4.69) is 106 Å². The molecule has 0 aromatic heterocycles. The van der Waals surface area contributed by atoms with Crippen molar-refractivity contribution in [2.75, 3.05) is 13.2 Å². The summed E-state index contributed by atoms with van der Waals surface area (Å²) in [4.78, 5) is 38.0. The lowest BCUT2D eigenvalue weighted by atomic mass is 10.0. The summed E-state index contributed by atoms with van der Waals surface area (Å²) in [5.74, 6) is -0.887. The van der Waals surface area contributed by atoms with Gasteiger partial charge in [-0.3, -0.25) is 14.4 Å². The first-order valence-corrected chi connectivity index (χ1v) is 31.1. The number of carbonyl (C=O) groups is 3. The predicted molar refractivity (Wildman–Crippen MR) is 316 cm³/mol. The van der Waals surface area contributed by atoms with Crippen LogP contribution in [-0.4, -0.2) is 37.2 Å². The molecule has 0 saturated carbocycles. The van der Waals surface area contributed by atoms with E-state index in [-0.39, 0.29) is 31.1 Å². The second-order valence-corrected chi connectivity index (χ2v) is 20.6. The zero-order valence-corrected chi connectivity index (χ0v) is 48.1. The molecule has 0 aliphatic rings. The third kappa shape index (κ3) is 59.3. The summed E-state index contributed by atoms with van der Waals surface area (Å²) in [6.45, 7) is 6.49. The van der Waals surface area contributed by atoms with Crippen molar-refractivity contribution in [2.24, 2.45) is 0 Å². The quantitative estimate of drug-likeness (QED) is 0.0261. The fraction of sp³-hybridized carbons (Fsp3) is 0.746. The molecule has 1 unspecified atom stereocenters. The molecular formula is C67H116O6. The summed E-state index contributed by atoms with van der Waals surface area (Å²) >= 11 is 0. The minimum atomic E-state index is -0.779. The Morgan fingerprint density at radius 2 is 0.534 bits per heavy atom. The standard InChI is InChI=1S/C67H116O6/c1-4-7-10-13-16-18-20-22-24-26-28-30-31-32-33-34-35-37-38-40-42-44-46-48-51-54-57-60-66(69)72-63-64(62-71-65(68)59-56-53-50-15-12-9-6-3)73-67(70)61-58-55-52-49-47-45-43-41-39-36-29-27-25-23-21-19-17-14-11-8-5-2/h8,11,17,19-20,22-23,25-26,28-29,31-32,36,64H,4-7,9-10,12-16,18,21,24,27,30,33-35,37-63H2,1-3H3/b11-8-,19-17-,22-20-,25-23-,28-26-,32-31-,36-29-. The summed E-state index contributed by atoms with van der Waals surface area (Å²) in [6.07, 6.45) is 80.4. The van der Waals surface area contributed by atoms with Gasteiger partial charge in [0, 0.05) is 19.3 Å². The fourth-order valence-electron chi connectivity index (χ4n) is 8.74. The molecule has 0 heterocycles. The molecule has 0 N–H and O–H groups in total. The number of rotatable bonds is 56. The van der Waals surface area contributed by atoms with Crippen LogP contribution in [-0.2, 0) is 28.6 Å². The van der Waals surface area contributed by atoms with Gasteiger partial charge in [0.1, 0.15) is 13.2 Å². The van der Waals surface area contributed by atoms with Crippen LogP contribution in [0.3, 0.4) is 0 Å². The highest BCUT2D eigenvalue weighted by molar-refractivity contribution is 5.71. The first-order chi connectivity index (χ1) is 36.0. The van der Waals surface area contributed by atoms with Crippen LogP contribution in [0.5, 0.6) is 0 Å². The maximum Gasteiger partial charge on any atom is 0.306 e. The molecule has 6 heteroatoms. The van der Waals surface area contributed by atoms with Gasteiger partial charge in [-0.2, -0.15) is 0 Å². The van der Waals surface area contributed by atoms with Gasteiger partial charge in [-0.15, -0.1) is 0 Å². The van der Waals surface area contributed by atoms with Crippen molar-refractivity contribution in [3.63, 3.8) is 0 Å². The maximum absolute atomic E-state index is 12.8. The van der Waals surface area contributed by atoms with Crippen LogP contribution < -0.4 is 0 Å². The molecular weight excluding hydrogens is 901 g/mol. The zero-order chi connectivity index (χ0) is 52.9. The number of ether oxygens (including phenoxy) is 3. The van der Waals surface area contributed by atoms with Gasteiger partial charge in [0.2, 0.25) is 0 Å². The van der Waals surface area contributed by atoms with Gasteiger partial charge in [-0.1, -0.05) is 273 Å². The minimum Gasteiger partial charge on any atom is -0.462 e. The van der Waals surface area contributed by atoms with E-state index in [4.69, 9.17) is 14.2 Å². The van der Waals surface area contributed by atoms with Gasteiger partial charge in [0.15, 0.2) is 6.10 Å². The molecule has 0 amide bonds. The Kier molecular flexibility index (Phi) is 58.3. The Labute approximate surface area is 452 Å². The largest absolute Gasteiger partial charge is 0.462 e. The summed E-state index contributed by atoms with van der Waals surface area (Å²) in [5, 5.41) is 0. The Balaban J connectivity index is 4.15. The molecule has 0 spiro atoms. The van der Waals surface area contributed by atoms with E-state index in [9.17, 15) is 14.4 Å². The topological polar surface area (TPSA) is 78.9 Å². The number of esters is 3. The van der Waals surface area contributed by atoms with E-state index in [1.54, 1.807) is 0 Å². The third-order valence-electron chi connectivity index (χ3n) is 13.4. The Bertz CT molecular complexity index is 1400. The molecule has 0 rings (SSSR count). The number of carbonyl (C=O) groups excluding carboxylic acids is 3. The van der Waals surface area contributed by atoms with Crippen molar-refractivity contribution in [1.29, 1.82) is 0 Å². The molecule has 1 atom stereocenters. The SMILES string of the molecule is CC/C=C\C/C=C\C/C=C\C/C=C\CCCCCCCCCCC(=O)OC(COC(=O)CCCCCCCCC)COC(=O)CCCCCCCCCCCCCC/C=C\C/C=C\C/C=C\CCCCCCC. The number of hydrogen-bond acceptors (Lipinski definition) is 6. The molecule has 0 saturated heterocycles. The summed E-state index contributed by atoms with van der Waals surface area (Å²) in [6, 6.07) is 0. The fourth-order valence-corrected chi connectivity index (χ4v) is 8.74. The van der Waals surface area contributed by atoms with Gasteiger partial charge in [0.25, 0.3) is 0 Å². The van der Waals surface area contributed by atoms with Crippen LogP contribution in [0.2, 0.25) is 0 Å². The van der Waals surface area contributed by atoms with E-state index >= 15 is 0 Å².